The molecule has 0 unspecified atom stereocenters. The minimum Gasteiger partial charge on any atom is -0.452 e. The van der Waals surface area contributed by atoms with Crippen LogP contribution < -0.4 is 5.32 Å². The average molecular weight is 319 g/mol. The van der Waals surface area contributed by atoms with Gasteiger partial charge in [0.2, 0.25) is 0 Å². The number of nitrogens with one attached hydrogen (secondary N) is 1. The Labute approximate surface area is 132 Å². The van der Waals surface area contributed by atoms with Crippen molar-refractivity contribution in [2.45, 2.75) is 13.8 Å². The zero-order chi connectivity index (χ0) is 17.0. The fourth-order valence-electron chi connectivity index (χ4n) is 1.95. The molecule has 0 saturated heterocycles. The van der Waals surface area contributed by atoms with Crippen molar-refractivity contribution in [3.8, 4) is 0 Å². The number of halogens is 2. The van der Waals surface area contributed by atoms with E-state index in [0.29, 0.717) is 5.56 Å². The lowest BCUT2D eigenvalue weighted by atomic mass is 10.0. The van der Waals surface area contributed by atoms with Gasteiger partial charge in [-0.05, 0) is 43.2 Å². The fraction of sp³-hybridized carbons (Fsp3) is 0.176. The maximum Gasteiger partial charge on any atom is 0.338 e. The Bertz CT molecular complexity index is 759. The molecule has 1 N–H and O–H groups in total. The summed E-state index contributed by atoms with van der Waals surface area (Å²) in [5.74, 6) is -3.35. The van der Waals surface area contributed by atoms with Gasteiger partial charge in [-0.1, -0.05) is 12.1 Å². The van der Waals surface area contributed by atoms with E-state index in [1.54, 1.807) is 19.1 Å². The van der Waals surface area contributed by atoms with Gasteiger partial charge >= 0.3 is 5.97 Å². The molecule has 0 radical (unpaired) electrons. The molecule has 2 aromatic carbocycles. The molecule has 120 valence electrons. The van der Waals surface area contributed by atoms with Crippen molar-refractivity contribution in [3.63, 3.8) is 0 Å². The lowest BCUT2D eigenvalue weighted by molar-refractivity contribution is -0.119. The second-order valence-corrected chi connectivity index (χ2v) is 5.00. The first-order chi connectivity index (χ1) is 10.9. The minimum absolute atomic E-state index is 0.0803. The molecule has 0 aliphatic rings. The molecular formula is C17H15F2NO3. The van der Waals surface area contributed by atoms with E-state index in [1.165, 1.54) is 6.07 Å². The molecule has 0 heterocycles. The Hall–Kier alpha value is -2.76. The van der Waals surface area contributed by atoms with E-state index in [-0.39, 0.29) is 5.69 Å². The van der Waals surface area contributed by atoms with Crippen molar-refractivity contribution in [1.82, 2.24) is 0 Å². The molecule has 1 amide bonds. The Balaban J connectivity index is 1.94. The number of benzene rings is 2. The summed E-state index contributed by atoms with van der Waals surface area (Å²) in [6, 6.07) is 8.15. The number of hydrogen-bond acceptors (Lipinski definition) is 3. The summed E-state index contributed by atoms with van der Waals surface area (Å²) < 4.78 is 30.8. The first-order valence-corrected chi connectivity index (χ1v) is 6.86. The molecule has 2 aromatic rings. The summed E-state index contributed by atoms with van der Waals surface area (Å²) in [6.07, 6.45) is 0. The van der Waals surface area contributed by atoms with E-state index in [2.05, 4.69) is 5.32 Å². The van der Waals surface area contributed by atoms with Crippen LogP contribution in [0.2, 0.25) is 0 Å². The highest BCUT2D eigenvalue weighted by Crippen LogP contribution is 2.15. The third kappa shape index (κ3) is 4.12. The van der Waals surface area contributed by atoms with Gasteiger partial charge < -0.3 is 10.1 Å². The molecule has 23 heavy (non-hydrogen) atoms. The zero-order valence-electron chi connectivity index (χ0n) is 12.7. The second kappa shape index (κ2) is 7.00. The SMILES string of the molecule is Cc1cccc(C(=O)OCC(=O)Nc2ccc(F)c(F)c2)c1C. The van der Waals surface area contributed by atoms with Gasteiger partial charge in [-0.2, -0.15) is 0 Å². The van der Waals surface area contributed by atoms with Gasteiger partial charge in [-0.3, -0.25) is 4.79 Å². The third-order valence-corrected chi connectivity index (χ3v) is 3.36. The largest absolute Gasteiger partial charge is 0.452 e. The topological polar surface area (TPSA) is 55.4 Å². The molecule has 0 aliphatic carbocycles. The summed E-state index contributed by atoms with van der Waals surface area (Å²) in [7, 11) is 0. The molecule has 0 aliphatic heterocycles. The lowest BCUT2D eigenvalue weighted by Crippen LogP contribution is -2.21. The third-order valence-electron chi connectivity index (χ3n) is 3.36. The summed E-state index contributed by atoms with van der Waals surface area (Å²) >= 11 is 0. The summed E-state index contributed by atoms with van der Waals surface area (Å²) in [5, 5.41) is 2.32. The molecule has 0 atom stereocenters. The number of carbonyl (C=O) groups is 2. The standard InChI is InChI=1S/C17H15F2NO3/c1-10-4-3-5-13(11(10)2)17(22)23-9-16(21)20-12-6-7-14(18)15(19)8-12/h3-8H,9H2,1-2H3,(H,20,21). The van der Waals surface area contributed by atoms with Crippen LogP contribution in [0.5, 0.6) is 0 Å². The van der Waals surface area contributed by atoms with Crippen molar-refractivity contribution in [3.05, 3.63) is 64.7 Å². The lowest BCUT2D eigenvalue weighted by Gasteiger charge is -2.09. The van der Waals surface area contributed by atoms with Gasteiger partial charge in [0.25, 0.3) is 5.91 Å². The Morgan fingerprint density at radius 3 is 2.52 bits per heavy atom. The number of esters is 1. The smallest absolute Gasteiger partial charge is 0.338 e. The predicted octanol–water partition coefficient (Wildman–Crippen LogP) is 3.38. The van der Waals surface area contributed by atoms with Crippen LogP contribution in [-0.2, 0) is 9.53 Å². The molecule has 0 fully saturated rings. The summed E-state index contributed by atoms with van der Waals surface area (Å²) in [4.78, 5) is 23.7. The predicted molar refractivity (Wildman–Crippen MR) is 81.2 cm³/mol. The van der Waals surface area contributed by atoms with Crippen LogP contribution in [-0.4, -0.2) is 18.5 Å². The molecular weight excluding hydrogens is 304 g/mol. The molecule has 0 spiro atoms. The second-order valence-electron chi connectivity index (χ2n) is 5.00. The minimum atomic E-state index is -1.07. The van der Waals surface area contributed by atoms with Crippen molar-refractivity contribution in [2.75, 3.05) is 11.9 Å². The fourth-order valence-corrected chi connectivity index (χ4v) is 1.95. The monoisotopic (exact) mass is 319 g/mol. The highest BCUT2D eigenvalue weighted by molar-refractivity contribution is 5.96. The van der Waals surface area contributed by atoms with Crippen molar-refractivity contribution in [2.24, 2.45) is 0 Å². The summed E-state index contributed by atoms with van der Waals surface area (Å²) in [6.45, 7) is 3.13. The van der Waals surface area contributed by atoms with Crippen LogP contribution in [0.1, 0.15) is 21.5 Å². The highest BCUT2D eigenvalue weighted by Gasteiger charge is 2.14. The van der Waals surface area contributed by atoms with E-state index in [0.717, 1.165) is 23.3 Å². The summed E-state index contributed by atoms with van der Waals surface area (Å²) in [5.41, 5.74) is 2.17. The van der Waals surface area contributed by atoms with E-state index >= 15 is 0 Å². The van der Waals surface area contributed by atoms with Gasteiger partial charge in [0.1, 0.15) is 0 Å². The maximum absolute atomic E-state index is 13.0. The Morgan fingerprint density at radius 1 is 1.09 bits per heavy atom. The van der Waals surface area contributed by atoms with E-state index in [4.69, 9.17) is 4.74 Å². The first-order valence-electron chi connectivity index (χ1n) is 6.86. The van der Waals surface area contributed by atoms with E-state index < -0.39 is 30.1 Å². The Kier molecular flexibility index (Phi) is 5.05. The number of ether oxygens (including phenoxy) is 1. The van der Waals surface area contributed by atoms with E-state index in [1.807, 2.05) is 13.0 Å². The van der Waals surface area contributed by atoms with Gasteiger partial charge in [-0.25, -0.2) is 13.6 Å². The molecule has 0 aromatic heterocycles. The number of rotatable bonds is 4. The van der Waals surface area contributed by atoms with Crippen molar-refractivity contribution >= 4 is 17.6 Å². The number of anilines is 1. The van der Waals surface area contributed by atoms with Crippen LogP contribution >= 0.6 is 0 Å². The Morgan fingerprint density at radius 2 is 1.83 bits per heavy atom. The van der Waals surface area contributed by atoms with Crippen LogP contribution in [0.4, 0.5) is 14.5 Å². The van der Waals surface area contributed by atoms with Crippen LogP contribution in [0, 0.1) is 25.5 Å². The van der Waals surface area contributed by atoms with Crippen LogP contribution in [0.15, 0.2) is 36.4 Å². The van der Waals surface area contributed by atoms with Crippen molar-refractivity contribution in [1.29, 1.82) is 0 Å². The number of amides is 1. The van der Waals surface area contributed by atoms with E-state index in [9.17, 15) is 18.4 Å². The normalized spacial score (nSPS) is 10.3. The maximum atomic E-state index is 13.0. The quantitative estimate of drug-likeness (QED) is 0.879. The average Bonchev–Trinajstić information content (AvgIpc) is 2.51. The first kappa shape index (κ1) is 16.6. The van der Waals surface area contributed by atoms with Crippen LogP contribution in [0.25, 0.3) is 0 Å². The van der Waals surface area contributed by atoms with Gasteiger partial charge in [-0.15, -0.1) is 0 Å². The van der Waals surface area contributed by atoms with Gasteiger partial charge in [0.05, 0.1) is 5.56 Å². The van der Waals surface area contributed by atoms with Gasteiger partial charge in [0, 0.05) is 11.8 Å². The number of carbonyl (C=O) groups excluding carboxylic acids is 2. The highest BCUT2D eigenvalue weighted by atomic mass is 19.2. The van der Waals surface area contributed by atoms with Gasteiger partial charge in [0.15, 0.2) is 18.2 Å². The zero-order valence-corrected chi connectivity index (χ0v) is 12.7. The number of aryl methyl sites for hydroxylation is 1. The molecule has 2 rings (SSSR count). The number of hydrogen-bond donors (Lipinski definition) is 1. The molecule has 6 heteroatoms. The molecule has 0 bridgehead atoms. The van der Waals surface area contributed by atoms with Crippen LogP contribution in [0.3, 0.4) is 0 Å². The molecule has 0 saturated carbocycles. The van der Waals surface area contributed by atoms with Crippen molar-refractivity contribution < 1.29 is 23.1 Å². The molecule has 4 nitrogen and oxygen atoms in total.